The van der Waals surface area contributed by atoms with Gasteiger partial charge in [-0.2, -0.15) is 5.26 Å². The van der Waals surface area contributed by atoms with E-state index in [0.29, 0.717) is 16.9 Å². The second-order valence-corrected chi connectivity index (χ2v) is 7.29. The van der Waals surface area contributed by atoms with Crippen molar-refractivity contribution in [3.8, 4) is 28.5 Å². The fraction of sp³-hybridized carbons (Fsp3) is 0.250. The summed E-state index contributed by atoms with van der Waals surface area (Å²) < 4.78 is 6.04. The van der Waals surface area contributed by atoms with Gasteiger partial charge in [-0.3, -0.25) is 5.32 Å². The normalized spacial score (nSPS) is 14.2. The van der Waals surface area contributed by atoms with Crippen LogP contribution in [0.1, 0.15) is 37.7 Å². The minimum atomic E-state index is -0.332. The molecule has 5 heteroatoms. The number of rotatable bonds is 4. The highest BCUT2D eigenvalue weighted by atomic mass is 16.4. The Labute approximate surface area is 170 Å². The number of hydrogen-bond donors (Lipinski definition) is 2. The number of carbonyl (C=O) groups is 1. The Bertz CT molecular complexity index is 1010. The molecule has 1 saturated carbocycles. The van der Waals surface area contributed by atoms with Crippen molar-refractivity contribution in [3.05, 3.63) is 66.2 Å². The monoisotopic (exact) mass is 385 g/mol. The third-order valence-electron chi connectivity index (χ3n) is 5.29. The maximum atomic E-state index is 12.6. The van der Waals surface area contributed by atoms with Crippen LogP contribution in [0.4, 0.5) is 10.7 Å². The lowest BCUT2D eigenvalue weighted by molar-refractivity contribution is 0.243. The summed E-state index contributed by atoms with van der Waals surface area (Å²) in [7, 11) is 0. The molecule has 2 N–H and O–H groups in total. The first-order valence-electron chi connectivity index (χ1n) is 10.0. The van der Waals surface area contributed by atoms with E-state index in [4.69, 9.17) is 4.42 Å². The van der Waals surface area contributed by atoms with E-state index in [2.05, 4.69) is 16.7 Å². The van der Waals surface area contributed by atoms with E-state index in [1.165, 1.54) is 6.42 Å². The number of nitriles is 1. The molecule has 2 amide bonds. The molecule has 1 aromatic heterocycles. The molecule has 1 aliphatic carbocycles. The van der Waals surface area contributed by atoms with Crippen LogP contribution in [0.25, 0.3) is 22.5 Å². The van der Waals surface area contributed by atoms with Crippen molar-refractivity contribution in [1.29, 1.82) is 5.26 Å². The average molecular weight is 385 g/mol. The third kappa shape index (κ3) is 4.17. The number of amides is 2. The molecule has 0 bridgehead atoms. The summed E-state index contributed by atoms with van der Waals surface area (Å²) in [5, 5.41) is 15.7. The van der Waals surface area contributed by atoms with Crippen LogP contribution in [0.2, 0.25) is 0 Å². The number of furan rings is 1. The van der Waals surface area contributed by atoms with Gasteiger partial charge < -0.3 is 9.73 Å². The Hall–Kier alpha value is -3.52. The van der Waals surface area contributed by atoms with E-state index in [0.717, 1.165) is 36.8 Å². The molecule has 0 saturated heterocycles. The maximum absolute atomic E-state index is 12.6. The smallest absolute Gasteiger partial charge is 0.321 e. The summed E-state index contributed by atoms with van der Waals surface area (Å²) in [6.07, 6.45) is 5.46. The highest BCUT2D eigenvalue weighted by molar-refractivity contribution is 5.95. The minimum absolute atomic E-state index is 0.173. The lowest BCUT2D eigenvalue weighted by Gasteiger charge is -2.22. The van der Waals surface area contributed by atoms with Crippen molar-refractivity contribution in [2.24, 2.45) is 0 Å². The Morgan fingerprint density at radius 3 is 2.17 bits per heavy atom. The van der Waals surface area contributed by atoms with Gasteiger partial charge >= 0.3 is 6.03 Å². The SMILES string of the molecule is N#Cc1c(NC(=O)NC2CCCCC2)oc(-c2ccccc2)c1-c1ccccc1. The summed E-state index contributed by atoms with van der Waals surface area (Å²) in [6.45, 7) is 0. The molecule has 0 spiro atoms. The van der Waals surface area contributed by atoms with Gasteiger partial charge in [-0.15, -0.1) is 0 Å². The fourth-order valence-corrected chi connectivity index (χ4v) is 3.87. The molecule has 0 radical (unpaired) electrons. The first-order chi connectivity index (χ1) is 14.3. The molecule has 0 aliphatic heterocycles. The van der Waals surface area contributed by atoms with E-state index in [1.807, 2.05) is 60.7 Å². The number of carbonyl (C=O) groups excluding carboxylic acids is 1. The topological polar surface area (TPSA) is 78.1 Å². The van der Waals surface area contributed by atoms with Gasteiger partial charge in [-0.05, 0) is 18.4 Å². The number of hydrogen-bond acceptors (Lipinski definition) is 3. The molecule has 5 nitrogen and oxygen atoms in total. The van der Waals surface area contributed by atoms with Gasteiger partial charge in [0.15, 0.2) is 0 Å². The number of nitrogens with one attached hydrogen (secondary N) is 2. The van der Waals surface area contributed by atoms with E-state index in [9.17, 15) is 10.1 Å². The quantitative estimate of drug-likeness (QED) is 0.583. The summed E-state index contributed by atoms with van der Waals surface area (Å²) in [6, 6.07) is 21.3. The van der Waals surface area contributed by atoms with Crippen LogP contribution in [-0.4, -0.2) is 12.1 Å². The van der Waals surface area contributed by atoms with E-state index >= 15 is 0 Å². The Morgan fingerprint density at radius 1 is 0.931 bits per heavy atom. The molecule has 2 aromatic carbocycles. The van der Waals surface area contributed by atoms with Crippen molar-refractivity contribution in [2.75, 3.05) is 5.32 Å². The molecule has 1 aliphatic rings. The molecule has 146 valence electrons. The number of nitrogens with zero attached hydrogens (tertiary/aromatic N) is 1. The zero-order chi connectivity index (χ0) is 20.1. The first kappa shape index (κ1) is 18.8. The number of benzene rings is 2. The number of anilines is 1. The summed E-state index contributed by atoms with van der Waals surface area (Å²) in [4.78, 5) is 12.6. The predicted octanol–water partition coefficient (Wildman–Crippen LogP) is 5.94. The van der Waals surface area contributed by atoms with E-state index in [1.54, 1.807) is 0 Å². The van der Waals surface area contributed by atoms with Crippen molar-refractivity contribution < 1.29 is 9.21 Å². The van der Waals surface area contributed by atoms with Crippen LogP contribution >= 0.6 is 0 Å². The third-order valence-corrected chi connectivity index (χ3v) is 5.29. The van der Waals surface area contributed by atoms with Gasteiger partial charge in [0.2, 0.25) is 5.88 Å². The van der Waals surface area contributed by atoms with Crippen LogP contribution in [0.5, 0.6) is 0 Å². The Kier molecular flexibility index (Phi) is 5.62. The highest BCUT2D eigenvalue weighted by Gasteiger charge is 2.25. The second kappa shape index (κ2) is 8.66. The van der Waals surface area contributed by atoms with Gasteiger partial charge in [0, 0.05) is 17.2 Å². The fourth-order valence-electron chi connectivity index (χ4n) is 3.87. The molecule has 0 unspecified atom stereocenters. The van der Waals surface area contributed by atoms with Crippen LogP contribution in [0.15, 0.2) is 65.1 Å². The zero-order valence-corrected chi connectivity index (χ0v) is 16.2. The highest BCUT2D eigenvalue weighted by Crippen LogP contribution is 2.41. The van der Waals surface area contributed by atoms with Crippen molar-refractivity contribution >= 4 is 11.9 Å². The molecule has 29 heavy (non-hydrogen) atoms. The van der Waals surface area contributed by atoms with Crippen LogP contribution in [0, 0.1) is 11.3 Å². The zero-order valence-electron chi connectivity index (χ0n) is 16.2. The van der Waals surface area contributed by atoms with Crippen LogP contribution in [0.3, 0.4) is 0 Å². The lowest BCUT2D eigenvalue weighted by atomic mass is 9.96. The molecular weight excluding hydrogens is 362 g/mol. The minimum Gasteiger partial charge on any atom is -0.438 e. The largest absolute Gasteiger partial charge is 0.438 e. The van der Waals surface area contributed by atoms with E-state index in [-0.39, 0.29) is 18.0 Å². The maximum Gasteiger partial charge on any atom is 0.321 e. The Balaban J connectivity index is 1.70. The van der Waals surface area contributed by atoms with Gasteiger partial charge in [0.1, 0.15) is 17.4 Å². The summed E-state index contributed by atoms with van der Waals surface area (Å²) >= 11 is 0. The average Bonchev–Trinajstić information content (AvgIpc) is 3.13. The van der Waals surface area contributed by atoms with E-state index < -0.39 is 0 Å². The van der Waals surface area contributed by atoms with Crippen molar-refractivity contribution in [1.82, 2.24) is 5.32 Å². The summed E-state index contributed by atoms with van der Waals surface area (Å²) in [5.74, 6) is 0.750. The molecule has 0 atom stereocenters. The predicted molar refractivity (Wildman–Crippen MR) is 113 cm³/mol. The molecule has 3 aromatic rings. The van der Waals surface area contributed by atoms with Gasteiger partial charge in [0.25, 0.3) is 0 Å². The molecule has 1 heterocycles. The summed E-state index contributed by atoms with van der Waals surface area (Å²) in [5.41, 5.74) is 2.73. The van der Waals surface area contributed by atoms with Crippen molar-refractivity contribution in [2.45, 2.75) is 38.1 Å². The van der Waals surface area contributed by atoms with Crippen molar-refractivity contribution in [3.63, 3.8) is 0 Å². The standard InChI is InChI=1S/C24H23N3O2/c25-16-20-21(17-10-4-1-5-11-17)22(18-12-6-2-7-13-18)29-23(20)27-24(28)26-19-14-8-3-9-15-19/h1-2,4-7,10-13,19H,3,8-9,14-15H2,(H2,26,27,28). The molecular formula is C24H23N3O2. The first-order valence-corrected chi connectivity index (χ1v) is 10.0. The van der Waals surface area contributed by atoms with Gasteiger partial charge in [-0.25, -0.2) is 4.79 Å². The molecule has 1 fully saturated rings. The number of urea groups is 1. The lowest BCUT2D eigenvalue weighted by Crippen LogP contribution is -2.39. The van der Waals surface area contributed by atoms with Gasteiger partial charge in [0.05, 0.1) is 0 Å². The van der Waals surface area contributed by atoms with Crippen LogP contribution < -0.4 is 10.6 Å². The van der Waals surface area contributed by atoms with Gasteiger partial charge in [-0.1, -0.05) is 79.9 Å². The Morgan fingerprint density at radius 2 is 1.55 bits per heavy atom. The second-order valence-electron chi connectivity index (χ2n) is 7.29. The van der Waals surface area contributed by atoms with Crippen LogP contribution in [-0.2, 0) is 0 Å². The molecule has 4 rings (SSSR count).